The van der Waals surface area contributed by atoms with Crippen LogP contribution in [0.4, 0.5) is 4.79 Å². The summed E-state index contributed by atoms with van der Waals surface area (Å²) in [6.45, 7) is 3.09. The number of hydrogen-bond donors (Lipinski definition) is 0. The van der Waals surface area contributed by atoms with Gasteiger partial charge in [0.1, 0.15) is 0 Å². The molecule has 2 heterocycles. The number of carbonyl (C=O) groups excluding carboxylic acids is 1. The lowest BCUT2D eigenvalue weighted by Crippen LogP contribution is -2.53. The molecule has 0 radical (unpaired) electrons. The molecule has 3 rings (SSSR count). The Hall–Kier alpha value is -1.31. The van der Waals surface area contributed by atoms with Gasteiger partial charge in [0.05, 0.1) is 4.90 Å². The molecule has 126 valence electrons. The van der Waals surface area contributed by atoms with E-state index in [1.54, 1.807) is 23.1 Å². The second-order valence-corrected chi connectivity index (χ2v) is 8.20. The molecule has 0 aliphatic carbocycles. The summed E-state index contributed by atoms with van der Waals surface area (Å²) in [5.74, 6) is 0. The minimum Gasteiger partial charge on any atom is -0.325 e. The molecule has 2 amide bonds. The Morgan fingerprint density at radius 2 is 1.57 bits per heavy atom. The van der Waals surface area contributed by atoms with Gasteiger partial charge in [-0.1, -0.05) is 17.7 Å². The summed E-state index contributed by atoms with van der Waals surface area (Å²) in [5, 5.41) is 0.397. The van der Waals surface area contributed by atoms with Crippen molar-refractivity contribution >= 4 is 27.7 Å². The Morgan fingerprint density at radius 3 is 2.17 bits per heavy atom. The van der Waals surface area contributed by atoms with Crippen LogP contribution in [-0.4, -0.2) is 67.8 Å². The zero-order valence-corrected chi connectivity index (χ0v) is 14.4. The number of amides is 2. The highest BCUT2D eigenvalue weighted by molar-refractivity contribution is 7.89. The highest BCUT2D eigenvalue weighted by Crippen LogP contribution is 2.21. The third kappa shape index (κ3) is 3.46. The molecule has 0 N–H and O–H groups in total. The molecule has 6 nitrogen and oxygen atoms in total. The van der Waals surface area contributed by atoms with Gasteiger partial charge < -0.3 is 9.80 Å². The van der Waals surface area contributed by atoms with Crippen LogP contribution in [0.2, 0.25) is 5.02 Å². The van der Waals surface area contributed by atoms with Crippen molar-refractivity contribution in [2.45, 2.75) is 17.7 Å². The fourth-order valence-corrected chi connectivity index (χ4v) is 4.73. The van der Waals surface area contributed by atoms with Gasteiger partial charge in [-0.3, -0.25) is 0 Å². The summed E-state index contributed by atoms with van der Waals surface area (Å²) >= 11 is 5.89. The number of piperazine rings is 1. The van der Waals surface area contributed by atoms with Crippen molar-refractivity contribution in [3.63, 3.8) is 0 Å². The molecule has 2 aliphatic heterocycles. The van der Waals surface area contributed by atoms with Gasteiger partial charge in [0.25, 0.3) is 0 Å². The molecule has 0 aromatic heterocycles. The van der Waals surface area contributed by atoms with E-state index in [-0.39, 0.29) is 10.9 Å². The van der Waals surface area contributed by atoms with E-state index in [0.29, 0.717) is 31.2 Å². The van der Waals surface area contributed by atoms with Gasteiger partial charge in [-0.25, -0.2) is 13.2 Å². The molecule has 0 saturated carbocycles. The largest absolute Gasteiger partial charge is 0.325 e. The first-order valence-electron chi connectivity index (χ1n) is 7.78. The van der Waals surface area contributed by atoms with Crippen LogP contribution in [0.1, 0.15) is 12.8 Å². The quantitative estimate of drug-likeness (QED) is 0.811. The molecule has 2 aliphatic rings. The van der Waals surface area contributed by atoms with Crippen LogP contribution in [0.25, 0.3) is 0 Å². The van der Waals surface area contributed by atoms with Gasteiger partial charge in [-0.05, 0) is 31.0 Å². The van der Waals surface area contributed by atoms with Gasteiger partial charge in [-0.2, -0.15) is 4.31 Å². The van der Waals surface area contributed by atoms with E-state index in [0.717, 1.165) is 25.9 Å². The summed E-state index contributed by atoms with van der Waals surface area (Å²) < 4.78 is 26.7. The summed E-state index contributed by atoms with van der Waals surface area (Å²) in [6.07, 6.45) is 2.10. The van der Waals surface area contributed by atoms with Crippen molar-refractivity contribution in [2.24, 2.45) is 0 Å². The summed E-state index contributed by atoms with van der Waals surface area (Å²) in [7, 11) is -3.56. The molecule has 2 fully saturated rings. The fraction of sp³-hybridized carbons (Fsp3) is 0.533. The zero-order chi connectivity index (χ0) is 16.4. The van der Waals surface area contributed by atoms with Crippen LogP contribution < -0.4 is 0 Å². The predicted octanol–water partition coefficient (Wildman–Crippen LogP) is 1.86. The predicted molar refractivity (Wildman–Crippen MR) is 88.0 cm³/mol. The fourth-order valence-electron chi connectivity index (χ4n) is 3.00. The molecule has 0 atom stereocenters. The Kier molecular flexibility index (Phi) is 4.79. The van der Waals surface area contributed by atoms with Crippen LogP contribution in [0, 0.1) is 0 Å². The Bertz CT molecular complexity index is 681. The van der Waals surface area contributed by atoms with Crippen LogP contribution >= 0.6 is 11.6 Å². The monoisotopic (exact) mass is 357 g/mol. The maximum atomic E-state index is 12.6. The zero-order valence-electron chi connectivity index (χ0n) is 12.8. The Labute approximate surface area is 141 Å². The lowest BCUT2D eigenvalue weighted by atomic mass is 10.4. The standard InChI is InChI=1S/C15H20ClN3O3S/c16-13-4-3-5-14(12-13)23(21,22)19-10-8-18(9-11-19)15(20)17-6-1-2-7-17/h3-5,12H,1-2,6-11H2. The van der Waals surface area contributed by atoms with Crippen LogP contribution in [0.3, 0.4) is 0 Å². The maximum absolute atomic E-state index is 12.6. The first-order chi connectivity index (χ1) is 11.0. The number of benzene rings is 1. The van der Waals surface area contributed by atoms with E-state index in [1.807, 2.05) is 4.90 Å². The first-order valence-corrected chi connectivity index (χ1v) is 9.60. The lowest BCUT2D eigenvalue weighted by Gasteiger charge is -2.36. The third-order valence-corrected chi connectivity index (χ3v) is 6.45. The number of hydrogen-bond acceptors (Lipinski definition) is 3. The molecule has 0 bridgehead atoms. The van der Waals surface area contributed by atoms with Crippen LogP contribution in [0.5, 0.6) is 0 Å². The van der Waals surface area contributed by atoms with Gasteiger partial charge in [-0.15, -0.1) is 0 Å². The van der Waals surface area contributed by atoms with E-state index in [9.17, 15) is 13.2 Å². The summed E-state index contributed by atoms with van der Waals surface area (Å²) in [4.78, 5) is 16.1. The molecule has 0 unspecified atom stereocenters. The highest BCUT2D eigenvalue weighted by Gasteiger charge is 2.32. The summed E-state index contributed by atoms with van der Waals surface area (Å²) in [5.41, 5.74) is 0. The van der Waals surface area contributed by atoms with Gasteiger partial charge in [0.2, 0.25) is 10.0 Å². The minimum absolute atomic E-state index is 0.0299. The molecule has 1 aromatic rings. The number of carbonyl (C=O) groups is 1. The van der Waals surface area contributed by atoms with Crippen molar-refractivity contribution in [2.75, 3.05) is 39.3 Å². The lowest BCUT2D eigenvalue weighted by molar-refractivity contribution is 0.142. The molecule has 23 heavy (non-hydrogen) atoms. The topological polar surface area (TPSA) is 60.9 Å². The van der Waals surface area contributed by atoms with Crippen molar-refractivity contribution in [1.82, 2.24) is 14.1 Å². The van der Waals surface area contributed by atoms with Crippen molar-refractivity contribution in [1.29, 1.82) is 0 Å². The molecule has 8 heteroatoms. The molecule has 2 saturated heterocycles. The van der Waals surface area contributed by atoms with Gasteiger partial charge in [0.15, 0.2) is 0 Å². The van der Waals surface area contributed by atoms with E-state index in [4.69, 9.17) is 11.6 Å². The van der Waals surface area contributed by atoms with E-state index in [2.05, 4.69) is 0 Å². The molecular formula is C15H20ClN3O3S. The Morgan fingerprint density at radius 1 is 0.957 bits per heavy atom. The number of halogens is 1. The van der Waals surface area contributed by atoms with E-state index < -0.39 is 10.0 Å². The number of likely N-dealkylation sites (tertiary alicyclic amines) is 1. The third-order valence-electron chi connectivity index (χ3n) is 4.32. The number of rotatable bonds is 2. The van der Waals surface area contributed by atoms with Gasteiger partial charge >= 0.3 is 6.03 Å². The second-order valence-electron chi connectivity index (χ2n) is 5.83. The SMILES string of the molecule is O=C(N1CCCC1)N1CCN(S(=O)(=O)c2cccc(Cl)c2)CC1. The number of nitrogens with zero attached hydrogens (tertiary/aromatic N) is 3. The second kappa shape index (κ2) is 6.67. The van der Waals surface area contributed by atoms with Crippen molar-refractivity contribution in [3.8, 4) is 0 Å². The molecule has 1 aromatic carbocycles. The highest BCUT2D eigenvalue weighted by atomic mass is 35.5. The smallest absolute Gasteiger partial charge is 0.320 e. The van der Waals surface area contributed by atoms with E-state index in [1.165, 1.54) is 10.4 Å². The molecule has 0 spiro atoms. The maximum Gasteiger partial charge on any atom is 0.320 e. The first kappa shape index (κ1) is 16.5. The van der Waals surface area contributed by atoms with Crippen LogP contribution in [-0.2, 0) is 10.0 Å². The van der Waals surface area contributed by atoms with Crippen molar-refractivity contribution in [3.05, 3.63) is 29.3 Å². The summed E-state index contributed by atoms with van der Waals surface area (Å²) in [6, 6.07) is 6.30. The Balaban J connectivity index is 1.65. The number of sulfonamides is 1. The van der Waals surface area contributed by atoms with Crippen LogP contribution in [0.15, 0.2) is 29.2 Å². The average molecular weight is 358 g/mol. The number of urea groups is 1. The molecular weight excluding hydrogens is 338 g/mol. The van der Waals surface area contributed by atoms with Gasteiger partial charge in [0, 0.05) is 44.3 Å². The van der Waals surface area contributed by atoms with E-state index >= 15 is 0 Å². The minimum atomic E-state index is -3.56. The normalized spacial score (nSPS) is 20.0. The average Bonchev–Trinajstić information content (AvgIpc) is 3.09. The van der Waals surface area contributed by atoms with Crippen molar-refractivity contribution < 1.29 is 13.2 Å².